The first-order chi connectivity index (χ1) is 10.5. The van der Waals surface area contributed by atoms with Crippen LogP contribution in [0.4, 0.5) is 8.78 Å². The summed E-state index contributed by atoms with van der Waals surface area (Å²) in [6.45, 7) is 4.30. The Kier molecular flexibility index (Phi) is 5.50. The average Bonchev–Trinajstić information content (AvgIpc) is 2.47. The van der Waals surface area contributed by atoms with Crippen molar-refractivity contribution in [1.29, 1.82) is 0 Å². The molecule has 2 aromatic carbocycles. The van der Waals surface area contributed by atoms with Crippen molar-refractivity contribution in [2.75, 3.05) is 6.54 Å². The van der Waals surface area contributed by atoms with Crippen LogP contribution in [0, 0.1) is 11.6 Å². The third kappa shape index (κ3) is 4.28. The zero-order chi connectivity index (χ0) is 16.1. The van der Waals surface area contributed by atoms with E-state index in [1.165, 1.54) is 6.07 Å². The third-order valence-electron chi connectivity index (χ3n) is 3.45. The van der Waals surface area contributed by atoms with Crippen molar-refractivity contribution in [2.45, 2.75) is 32.3 Å². The van der Waals surface area contributed by atoms with Crippen LogP contribution >= 0.6 is 0 Å². The molecule has 2 nitrogen and oxygen atoms in total. The molecule has 2 rings (SSSR count). The predicted octanol–water partition coefficient (Wildman–Crippen LogP) is 4.04. The van der Waals surface area contributed by atoms with Crippen LogP contribution in [0.3, 0.4) is 0 Å². The number of benzene rings is 2. The number of hydrogen-bond donors (Lipinski definition) is 1. The molecule has 0 heterocycles. The van der Waals surface area contributed by atoms with Crippen LogP contribution in [0.15, 0.2) is 42.5 Å². The molecule has 2 N–H and O–H groups in total. The first kappa shape index (κ1) is 16.4. The summed E-state index contributed by atoms with van der Waals surface area (Å²) in [5.41, 5.74) is 7.57. The van der Waals surface area contributed by atoms with Crippen molar-refractivity contribution in [3.05, 3.63) is 65.2 Å². The van der Waals surface area contributed by atoms with Gasteiger partial charge < -0.3 is 10.5 Å². The number of halogens is 2. The van der Waals surface area contributed by atoms with Crippen molar-refractivity contribution in [3.8, 4) is 5.75 Å². The van der Waals surface area contributed by atoms with Gasteiger partial charge in [-0.15, -0.1) is 0 Å². The van der Waals surface area contributed by atoms with Gasteiger partial charge >= 0.3 is 0 Å². The predicted molar refractivity (Wildman–Crippen MR) is 84.1 cm³/mol. The summed E-state index contributed by atoms with van der Waals surface area (Å²) in [6.07, 6.45) is 0.753. The molecule has 0 fully saturated rings. The lowest BCUT2D eigenvalue weighted by molar-refractivity contribution is 0.242. The van der Waals surface area contributed by atoms with Crippen molar-refractivity contribution in [2.24, 2.45) is 5.73 Å². The lowest BCUT2D eigenvalue weighted by Crippen LogP contribution is -2.15. The minimum Gasteiger partial charge on any atom is -0.491 e. The van der Waals surface area contributed by atoms with Crippen LogP contribution in [0.2, 0.25) is 0 Å². The molecule has 0 aliphatic rings. The average molecular weight is 305 g/mol. The van der Waals surface area contributed by atoms with Gasteiger partial charge in [0.25, 0.3) is 0 Å². The Morgan fingerprint density at radius 2 is 1.82 bits per heavy atom. The fraction of sp³-hybridized carbons (Fsp3) is 0.333. The van der Waals surface area contributed by atoms with Crippen molar-refractivity contribution in [1.82, 2.24) is 0 Å². The minimum atomic E-state index is -0.841. The van der Waals surface area contributed by atoms with Crippen LogP contribution in [0.25, 0.3) is 0 Å². The van der Waals surface area contributed by atoms with E-state index in [4.69, 9.17) is 10.5 Å². The van der Waals surface area contributed by atoms with Crippen LogP contribution in [0.5, 0.6) is 5.75 Å². The van der Waals surface area contributed by atoms with Gasteiger partial charge in [-0.2, -0.15) is 0 Å². The summed E-state index contributed by atoms with van der Waals surface area (Å²) in [5.74, 6) is -0.947. The topological polar surface area (TPSA) is 35.2 Å². The normalized spacial score (nSPS) is 12.5. The summed E-state index contributed by atoms with van der Waals surface area (Å²) in [4.78, 5) is 0. The number of rotatable bonds is 6. The molecule has 4 heteroatoms. The van der Waals surface area contributed by atoms with Crippen LogP contribution in [-0.2, 0) is 6.42 Å². The molecule has 0 saturated carbocycles. The van der Waals surface area contributed by atoms with Gasteiger partial charge in [-0.05, 0) is 62.2 Å². The summed E-state index contributed by atoms with van der Waals surface area (Å²) in [5, 5.41) is 0. The Morgan fingerprint density at radius 3 is 2.45 bits per heavy atom. The molecule has 0 saturated heterocycles. The first-order valence-corrected chi connectivity index (χ1v) is 7.40. The van der Waals surface area contributed by atoms with Crippen molar-refractivity contribution in [3.63, 3.8) is 0 Å². The van der Waals surface area contributed by atoms with Crippen molar-refractivity contribution < 1.29 is 13.5 Å². The molecule has 0 aromatic heterocycles. The smallest absolute Gasteiger partial charge is 0.159 e. The standard InChI is InChI=1S/C18H21F2NO/c1-12(2)22-16-5-3-4-13(9-16)8-15(11-21)14-6-7-17(19)18(20)10-14/h3-7,9-10,12,15H,8,11,21H2,1-2H3. The van der Waals surface area contributed by atoms with Crippen LogP contribution in [0.1, 0.15) is 30.9 Å². The highest BCUT2D eigenvalue weighted by molar-refractivity contribution is 5.31. The van der Waals surface area contributed by atoms with Gasteiger partial charge in [0.1, 0.15) is 5.75 Å². The number of ether oxygens (including phenoxy) is 1. The van der Waals surface area contributed by atoms with E-state index >= 15 is 0 Å². The zero-order valence-corrected chi connectivity index (χ0v) is 12.9. The highest BCUT2D eigenvalue weighted by atomic mass is 19.2. The third-order valence-corrected chi connectivity index (χ3v) is 3.45. The first-order valence-electron chi connectivity index (χ1n) is 7.40. The second-order valence-corrected chi connectivity index (χ2v) is 5.62. The summed E-state index contributed by atoms with van der Waals surface area (Å²) in [6, 6.07) is 11.7. The second-order valence-electron chi connectivity index (χ2n) is 5.62. The lowest BCUT2D eigenvalue weighted by Gasteiger charge is -2.17. The lowest BCUT2D eigenvalue weighted by atomic mass is 9.92. The van der Waals surface area contributed by atoms with Gasteiger partial charge in [0.2, 0.25) is 0 Å². The van der Waals surface area contributed by atoms with E-state index in [1.54, 1.807) is 6.07 Å². The van der Waals surface area contributed by atoms with E-state index in [0.29, 0.717) is 18.5 Å². The molecular weight excluding hydrogens is 284 g/mol. The second kappa shape index (κ2) is 7.36. The Labute approximate surface area is 129 Å². The summed E-state index contributed by atoms with van der Waals surface area (Å²) >= 11 is 0. The maximum Gasteiger partial charge on any atom is 0.159 e. The fourth-order valence-corrected chi connectivity index (χ4v) is 2.41. The Balaban J connectivity index is 2.17. The van der Waals surface area contributed by atoms with E-state index in [-0.39, 0.29) is 12.0 Å². The molecule has 0 spiro atoms. The quantitative estimate of drug-likeness (QED) is 0.874. The van der Waals surface area contributed by atoms with Gasteiger partial charge in [0, 0.05) is 5.92 Å². The van der Waals surface area contributed by atoms with Crippen LogP contribution in [-0.4, -0.2) is 12.6 Å². The van der Waals surface area contributed by atoms with E-state index in [1.807, 2.05) is 38.1 Å². The molecule has 1 unspecified atom stereocenters. The molecule has 22 heavy (non-hydrogen) atoms. The molecule has 0 aliphatic heterocycles. The molecule has 2 aromatic rings. The van der Waals surface area contributed by atoms with Crippen LogP contribution < -0.4 is 10.5 Å². The van der Waals surface area contributed by atoms with Gasteiger partial charge in [-0.1, -0.05) is 18.2 Å². The minimum absolute atomic E-state index is 0.0654. The maximum atomic E-state index is 13.4. The fourth-order valence-electron chi connectivity index (χ4n) is 2.41. The van der Waals surface area contributed by atoms with E-state index in [2.05, 4.69) is 0 Å². The molecule has 0 aliphatic carbocycles. The van der Waals surface area contributed by atoms with Gasteiger partial charge in [-0.25, -0.2) is 8.78 Å². The zero-order valence-electron chi connectivity index (χ0n) is 12.9. The molecule has 1 atom stereocenters. The highest BCUT2D eigenvalue weighted by Crippen LogP contribution is 2.24. The van der Waals surface area contributed by atoms with Gasteiger partial charge in [-0.3, -0.25) is 0 Å². The monoisotopic (exact) mass is 305 g/mol. The molecule has 0 amide bonds. The molecular formula is C18H21F2NO. The molecule has 0 radical (unpaired) electrons. The SMILES string of the molecule is CC(C)Oc1cccc(CC(CN)c2ccc(F)c(F)c2)c1. The summed E-state index contributed by atoms with van der Waals surface area (Å²) < 4.78 is 32.1. The highest BCUT2D eigenvalue weighted by Gasteiger charge is 2.14. The maximum absolute atomic E-state index is 13.4. The van der Waals surface area contributed by atoms with Crippen molar-refractivity contribution >= 4 is 0 Å². The van der Waals surface area contributed by atoms with E-state index in [9.17, 15) is 8.78 Å². The number of hydrogen-bond acceptors (Lipinski definition) is 2. The molecule has 118 valence electrons. The Bertz CT molecular complexity index is 628. The number of nitrogens with two attached hydrogens (primary N) is 1. The van der Waals surface area contributed by atoms with E-state index < -0.39 is 11.6 Å². The molecule has 0 bridgehead atoms. The van der Waals surface area contributed by atoms with E-state index in [0.717, 1.165) is 17.4 Å². The van der Waals surface area contributed by atoms with Gasteiger partial charge in [0.15, 0.2) is 11.6 Å². The summed E-state index contributed by atoms with van der Waals surface area (Å²) in [7, 11) is 0. The Hall–Kier alpha value is -1.94. The van der Waals surface area contributed by atoms with Gasteiger partial charge in [0.05, 0.1) is 6.10 Å². The largest absolute Gasteiger partial charge is 0.491 e. The Morgan fingerprint density at radius 1 is 1.05 bits per heavy atom.